The molecule has 2 aliphatic rings. The van der Waals surface area contributed by atoms with Gasteiger partial charge in [-0.25, -0.2) is 0 Å². The first-order valence-corrected chi connectivity index (χ1v) is 5.92. The molecule has 0 saturated carbocycles. The second-order valence-corrected chi connectivity index (χ2v) is 5.14. The molecule has 0 aromatic heterocycles. The van der Waals surface area contributed by atoms with E-state index in [4.69, 9.17) is 4.74 Å². The quantitative estimate of drug-likeness (QED) is 0.570. The highest BCUT2D eigenvalue weighted by Crippen LogP contribution is 2.30. The molecule has 3 atom stereocenters. The van der Waals surface area contributed by atoms with Crippen LogP contribution in [0.4, 0.5) is 0 Å². The largest absolute Gasteiger partial charge is 0.396 e. The normalized spacial score (nSPS) is 41.4. The highest BCUT2D eigenvalue weighted by molar-refractivity contribution is 4.90. The number of aliphatic hydroxyl groups excluding tert-OH is 3. The predicted molar refractivity (Wildman–Crippen MR) is 58.0 cm³/mol. The van der Waals surface area contributed by atoms with Crippen molar-refractivity contribution in [2.45, 2.75) is 25.0 Å². The summed E-state index contributed by atoms with van der Waals surface area (Å²) in [5, 5.41) is 28.4. The highest BCUT2D eigenvalue weighted by Gasteiger charge is 2.38. The van der Waals surface area contributed by atoms with Gasteiger partial charge in [-0.15, -0.1) is 0 Å². The molecule has 2 fully saturated rings. The lowest BCUT2D eigenvalue weighted by molar-refractivity contribution is -0.0539. The molecule has 0 radical (unpaired) electrons. The van der Waals surface area contributed by atoms with Gasteiger partial charge >= 0.3 is 0 Å². The number of hydrogen-bond acceptors (Lipinski definition) is 5. The van der Waals surface area contributed by atoms with Gasteiger partial charge in [0.25, 0.3) is 0 Å². The van der Waals surface area contributed by atoms with Crippen molar-refractivity contribution in [3.63, 3.8) is 0 Å². The van der Waals surface area contributed by atoms with Gasteiger partial charge < -0.3 is 20.1 Å². The zero-order valence-electron chi connectivity index (χ0n) is 9.51. The number of aliphatic hydroxyl groups is 3. The van der Waals surface area contributed by atoms with E-state index in [9.17, 15) is 15.3 Å². The Kier molecular flexibility index (Phi) is 3.81. The van der Waals surface area contributed by atoms with Crippen molar-refractivity contribution in [2.24, 2.45) is 5.41 Å². The number of likely N-dealkylation sites (tertiary alicyclic amines) is 1. The van der Waals surface area contributed by atoms with Crippen LogP contribution in [0, 0.1) is 5.41 Å². The molecule has 5 nitrogen and oxygen atoms in total. The maximum absolute atomic E-state index is 9.50. The molecule has 0 amide bonds. The van der Waals surface area contributed by atoms with Crippen LogP contribution in [0.2, 0.25) is 0 Å². The SMILES string of the molecule is OCC1(CN2CC(O)C(O)C2)CCCOC1. The average molecular weight is 231 g/mol. The Bertz CT molecular complexity index is 220. The summed E-state index contributed by atoms with van der Waals surface area (Å²) in [4.78, 5) is 2.01. The Morgan fingerprint density at radius 3 is 2.44 bits per heavy atom. The maximum atomic E-state index is 9.50. The molecule has 2 heterocycles. The van der Waals surface area contributed by atoms with E-state index in [1.165, 1.54) is 0 Å². The lowest BCUT2D eigenvalue weighted by Gasteiger charge is -2.38. The van der Waals surface area contributed by atoms with Gasteiger partial charge in [0, 0.05) is 31.7 Å². The lowest BCUT2D eigenvalue weighted by Crippen LogP contribution is -2.45. The van der Waals surface area contributed by atoms with Gasteiger partial charge in [0.15, 0.2) is 0 Å². The summed E-state index contributed by atoms with van der Waals surface area (Å²) in [6, 6.07) is 0. The second-order valence-electron chi connectivity index (χ2n) is 5.14. The van der Waals surface area contributed by atoms with Gasteiger partial charge in [0.05, 0.1) is 25.4 Å². The second kappa shape index (κ2) is 4.98. The number of nitrogens with zero attached hydrogens (tertiary/aromatic N) is 1. The smallest absolute Gasteiger partial charge is 0.0938 e. The third kappa shape index (κ3) is 2.55. The van der Waals surface area contributed by atoms with Gasteiger partial charge in [0.1, 0.15) is 0 Å². The van der Waals surface area contributed by atoms with Gasteiger partial charge in [-0.2, -0.15) is 0 Å². The first-order valence-electron chi connectivity index (χ1n) is 5.92. The van der Waals surface area contributed by atoms with Crippen LogP contribution >= 0.6 is 0 Å². The molecule has 94 valence electrons. The van der Waals surface area contributed by atoms with Crippen LogP contribution in [0.25, 0.3) is 0 Å². The van der Waals surface area contributed by atoms with E-state index in [2.05, 4.69) is 0 Å². The average Bonchev–Trinajstić information content (AvgIpc) is 2.59. The molecule has 0 aromatic rings. The summed E-state index contributed by atoms with van der Waals surface area (Å²) in [5.41, 5.74) is -0.206. The first-order chi connectivity index (χ1) is 7.65. The van der Waals surface area contributed by atoms with Crippen molar-refractivity contribution in [1.82, 2.24) is 4.90 Å². The molecule has 0 aromatic carbocycles. The fourth-order valence-electron chi connectivity index (χ4n) is 2.66. The summed E-state index contributed by atoms with van der Waals surface area (Å²) >= 11 is 0. The minimum atomic E-state index is -0.653. The van der Waals surface area contributed by atoms with E-state index in [0.29, 0.717) is 26.2 Å². The van der Waals surface area contributed by atoms with Gasteiger partial charge in [-0.1, -0.05) is 0 Å². The van der Waals surface area contributed by atoms with Crippen molar-refractivity contribution >= 4 is 0 Å². The third-order valence-electron chi connectivity index (χ3n) is 3.63. The molecule has 3 N–H and O–H groups in total. The van der Waals surface area contributed by atoms with Crippen LogP contribution in [-0.2, 0) is 4.74 Å². The van der Waals surface area contributed by atoms with Gasteiger partial charge in [0.2, 0.25) is 0 Å². The van der Waals surface area contributed by atoms with E-state index in [1.54, 1.807) is 0 Å². The predicted octanol–water partition coefficient (Wildman–Crippen LogP) is -1.19. The molecule has 0 aliphatic carbocycles. The fraction of sp³-hybridized carbons (Fsp3) is 1.00. The van der Waals surface area contributed by atoms with Crippen molar-refractivity contribution in [3.05, 3.63) is 0 Å². The first kappa shape index (κ1) is 12.3. The summed E-state index contributed by atoms with van der Waals surface area (Å²) in [5.74, 6) is 0. The Labute approximate surface area is 95.6 Å². The number of hydrogen-bond donors (Lipinski definition) is 3. The molecule has 3 unspecified atom stereocenters. The van der Waals surface area contributed by atoms with E-state index in [0.717, 1.165) is 19.4 Å². The van der Waals surface area contributed by atoms with Crippen LogP contribution in [0.1, 0.15) is 12.8 Å². The molecule has 5 heteroatoms. The number of rotatable bonds is 3. The van der Waals surface area contributed by atoms with Crippen molar-refractivity contribution in [2.75, 3.05) is 39.5 Å². The van der Waals surface area contributed by atoms with Crippen LogP contribution < -0.4 is 0 Å². The minimum absolute atomic E-state index is 0.107. The van der Waals surface area contributed by atoms with Crippen LogP contribution in [0.3, 0.4) is 0 Å². The summed E-state index contributed by atoms with van der Waals surface area (Å²) in [7, 11) is 0. The Morgan fingerprint density at radius 2 is 1.94 bits per heavy atom. The zero-order chi connectivity index (χ0) is 11.6. The van der Waals surface area contributed by atoms with Crippen LogP contribution in [0.15, 0.2) is 0 Å². The monoisotopic (exact) mass is 231 g/mol. The van der Waals surface area contributed by atoms with Crippen molar-refractivity contribution in [1.29, 1.82) is 0 Å². The summed E-state index contributed by atoms with van der Waals surface area (Å²) < 4.78 is 5.43. The molecule has 16 heavy (non-hydrogen) atoms. The topological polar surface area (TPSA) is 73.2 Å². The van der Waals surface area contributed by atoms with Gasteiger partial charge in [-0.3, -0.25) is 4.90 Å². The highest BCUT2D eigenvalue weighted by atomic mass is 16.5. The van der Waals surface area contributed by atoms with Crippen molar-refractivity contribution < 1.29 is 20.1 Å². The molecule has 0 spiro atoms. The Hall–Kier alpha value is -0.200. The number of ether oxygens (including phenoxy) is 1. The summed E-state index contributed by atoms with van der Waals surface area (Å²) in [6.45, 7) is 3.12. The molecule has 2 aliphatic heterocycles. The van der Waals surface area contributed by atoms with E-state index in [-0.39, 0.29) is 12.0 Å². The van der Waals surface area contributed by atoms with Gasteiger partial charge in [-0.05, 0) is 12.8 Å². The van der Waals surface area contributed by atoms with Crippen LogP contribution in [-0.4, -0.2) is 71.9 Å². The molecular weight excluding hydrogens is 210 g/mol. The standard InChI is InChI=1S/C11H21NO4/c13-7-11(2-1-3-16-8-11)6-12-4-9(14)10(15)5-12/h9-10,13-15H,1-8H2. The molecule has 0 bridgehead atoms. The Balaban J connectivity index is 1.91. The van der Waals surface area contributed by atoms with E-state index >= 15 is 0 Å². The molecule has 2 saturated heterocycles. The summed E-state index contributed by atoms with van der Waals surface area (Å²) in [6.07, 6.45) is 0.617. The van der Waals surface area contributed by atoms with Crippen LogP contribution in [0.5, 0.6) is 0 Å². The fourth-order valence-corrected chi connectivity index (χ4v) is 2.66. The third-order valence-corrected chi connectivity index (χ3v) is 3.63. The maximum Gasteiger partial charge on any atom is 0.0938 e. The Morgan fingerprint density at radius 1 is 1.25 bits per heavy atom. The minimum Gasteiger partial charge on any atom is -0.396 e. The van der Waals surface area contributed by atoms with Crippen molar-refractivity contribution in [3.8, 4) is 0 Å². The molecule has 2 rings (SSSR count). The lowest BCUT2D eigenvalue weighted by atomic mass is 9.83. The van der Waals surface area contributed by atoms with E-state index < -0.39 is 12.2 Å². The number of β-amino-alcohol motifs (C(OH)–C–C–N with tert-alkyl or cyclic N) is 2. The zero-order valence-corrected chi connectivity index (χ0v) is 9.51. The van der Waals surface area contributed by atoms with E-state index in [1.807, 2.05) is 4.90 Å². The molecular formula is C11H21NO4.